The summed E-state index contributed by atoms with van der Waals surface area (Å²) in [7, 11) is 0. The van der Waals surface area contributed by atoms with Crippen molar-refractivity contribution in [2.24, 2.45) is 0 Å². The summed E-state index contributed by atoms with van der Waals surface area (Å²) in [6.45, 7) is 3.30. The van der Waals surface area contributed by atoms with Crippen LogP contribution in [-0.2, 0) is 11.3 Å². The van der Waals surface area contributed by atoms with Crippen molar-refractivity contribution >= 4 is 11.8 Å². The van der Waals surface area contributed by atoms with Crippen molar-refractivity contribution in [3.63, 3.8) is 0 Å². The lowest BCUT2D eigenvalue weighted by Gasteiger charge is -2.32. The molecule has 0 unspecified atom stereocenters. The van der Waals surface area contributed by atoms with E-state index >= 15 is 0 Å². The lowest BCUT2D eigenvalue weighted by atomic mass is 9.94. The predicted octanol–water partition coefficient (Wildman–Crippen LogP) is 1.32. The Morgan fingerprint density at radius 2 is 1.89 bits per heavy atom. The van der Waals surface area contributed by atoms with Crippen LogP contribution in [0.5, 0.6) is 0 Å². The van der Waals surface area contributed by atoms with E-state index in [1.54, 1.807) is 17.2 Å². The van der Waals surface area contributed by atoms with Gasteiger partial charge in [0.1, 0.15) is 19.2 Å². The molecule has 0 aliphatic carbocycles. The van der Waals surface area contributed by atoms with Gasteiger partial charge in [0, 0.05) is 44.0 Å². The van der Waals surface area contributed by atoms with Gasteiger partial charge in [-0.1, -0.05) is 0 Å². The lowest BCUT2D eigenvalue weighted by Crippen LogP contribution is -2.41. The minimum absolute atomic E-state index is 0.0473. The number of rotatable bonds is 4. The number of hydrogen-bond donors (Lipinski definition) is 0. The number of amides is 2. The molecule has 8 heteroatoms. The van der Waals surface area contributed by atoms with Gasteiger partial charge >= 0.3 is 0 Å². The summed E-state index contributed by atoms with van der Waals surface area (Å²) in [6, 6.07) is 3.82. The number of likely N-dealkylation sites (tertiary alicyclic amines) is 2. The lowest BCUT2D eigenvalue weighted by molar-refractivity contribution is -0.133. The molecule has 2 aliphatic rings. The molecule has 2 fully saturated rings. The molecular weight excluding hydrogens is 344 g/mol. The summed E-state index contributed by atoms with van der Waals surface area (Å²) in [5.41, 5.74) is 1.60. The average molecular weight is 368 g/mol. The minimum Gasteiger partial charge on any atom is -0.340 e. The van der Waals surface area contributed by atoms with Gasteiger partial charge in [-0.25, -0.2) is 9.67 Å². The second kappa shape index (κ2) is 7.85. The van der Waals surface area contributed by atoms with Crippen molar-refractivity contribution in [1.29, 1.82) is 0 Å². The Kier molecular flexibility index (Phi) is 5.13. The van der Waals surface area contributed by atoms with Crippen LogP contribution in [0.15, 0.2) is 31.0 Å². The third kappa shape index (κ3) is 3.99. The van der Waals surface area contributed by atoms with E-state index in [-0.39, 0.29) is 24.3 Å². The van der Waals surface area contributed by atoms with Crippen molar-refractivity contribution in [3.8, 4) is 0 Å². The quantitative estimate of drug-likeness (QED) is 0.813. The molecule has 0 aromatic carbocycles. The zero-order valence-electron chi connectivity index (χ0n) is 15.3. The Hall–Kier alpha value is -2.77. The average Bonchev–Trinajstić information content (AvgIpc) is 3.42. The van der Waals surface area contributed by atoms with Gasteiger partial charge in [0.15, 0.2) is 0 Å². The molecule has 2 aromatic heterocycles. The van der Waals surface area contributed by atoms with Gasteiger partial charge in [0.05, 0.1) is 5.56 Å². The van der Waals surface area contributed by atoms with Gasteiger partial charge in [-0.15, -0.1) is 0 Å². The molecule has 0 spiro atoms. The third-order valence-electron chi connectivity index (χ3n) is 5.38. The molecule has 2 aromatic rings. The minimum atomic E-state index is 0.0473. The van der Waals surface area contributed by atoms with E-state index in [1.165, 1.54) is 6.33 Å². The highest BCUT2D eigenvalue weighted by molar-refractivity contribution is 5.94. The van der Waals surface area contributed by atoms with Gasteiger partial charge in [0.25, 0.3) is 5.91 Å². The van der Waals surface area contributed by atoms with Crippen LogP contribution in [0, 0.1) is 0 Å². The highest BCUT2D eigenvalue weighted by Crippen LogP contribution is 2.26. The largest absolute Gasteiger partial charge is 0.340 e. The van der Waals surface area contributed by atoms with Crippen LogP contribution >= 0.6 is 0 Å². The fraction of sp³-hybridized carbons (Fsp3) is 0.526. The molecule has 27 heavy (non-hydrogen) atoms. The van der Waals surface area contributed by atoms with Crippen LogP contribution in [0.2, 0.25) is 0 Å². The van der Waals surface area contributed by atoms with Crippen molar-refractivity contribution in [3.05, 3.63) is 42.2 Å². The fourth-order valence-corrected chi connectivity index (χ4v) is 3.87. The van der Waals surface area contributed by atoms with Gasteiger partial charge in [0.2, 0.25) is 5.91 Å². The highest BCUT2D eigenvalue weighted by atomic mass is 16.2. The summed E-state index contributed by atoms with van der Waals surface area (Å²) < 4.78 is 1.54. The molecule has 0 saturated carbocycles. The molecule has 4 rings (SSSR count). The molecular formula is C19H24N6O2. The van der Waals surface area contributed by atoms with Crippen molar-refractivity contribution in [1.82, 2.24) is 29.5 Å². The van der Waals surface area contributed by atoms with Crippen LogP contribution in [0.25, 0.3) is 0 Å². The summed E-state index contributed by atoms with van der Waals surface area (Å²) in [4.78, 5) is 37.1. The summed E-state index contributed by atoms with van der Waals surface area (Å²) >= 11 is 0. The molecule has 2 saturated heterocycles. The van der Waals surface area contributed by atoms with E-state index in [1.807, 2.05) is 21.9 Å². The van der Waals surface area contributed by atoms with E-state index in [2.05, 4.69) is 15.1 Å². The summed E-state index contributed by atoms with van der Waals surface area (Å²) in [5, 5.41) is 4.00. The highest BCUT2D eigenvalue weighted by Gasteiger charge is 2.26. The van der Waals surface area contributed by atoms with Crippen LogP contribution < -0.4 is 0 Å². The number of piperidine rings is 1. The van der Waals surface area contributed by atoms with Gasteiger partial charge in [-0.05, 0) is 37.8 Å². The molecule has 8 nitrogen and oxygen atoms in total. The maximum absolute atomic E-state index is 12.5. The molecule has 0 bridgehead atoms. The molecule has 0 N–H and O–H groups in total. The number of aromatic nitrogens is 4. The third-order valence-corrected chi connectivity index (χ3v) is 5.38. The van der Waals surface area contributed by atoms with Crippen molar-refractivity contribution < 1.29 is 9.59 Å². The Labute approximate surface area is 158 Å². The smallest absolute Gasteiger partial charge is 0.255 e. The fourth-order valence-electron chi connectivity index (χ4n) is 3.87. The normalized spacial score (nSPS) is 20.1. The molecule has 4 heterocycles. The van der Waals surface area contributed by atoms with E-state index in [0.717, 1.165) is 51.0 Å². The second-order valence-corrected chi connectivity index (χ2v) is 7.24. The van der Waals surface area contributed by atoms with Crippen LogP contribution in [0.1, 0.15) is 47.7 Å². The van der Waals surface area contributed by atoms with Gasteiger partial charge in [-0.3, -0.25) is 14.6 Å². The first kappa shape index (κ1) is 17.6. The first-order valence-electron chi connectivity index (χ1n) is 9.56. The maximum Gasteiger partial charge on any atom is 0.255 e. The van der Waals surface area contributed by atoms with Crippen molar-refractivity contribution in [2.75, 3.05) is 26.2 Å². The van der Waals surface area contributed by atoms with Crippen LogP contribution in [0.4, 0.5) is 0 Å². The number of carbonyl (C=O) groups excluding carboxylic acids is 2. The Morgan fingerprint density at radius 3 is 2.59 bits per heavy atom. The molecule has 2 aliphatic heterocycles. The summed E-state index contributed by atoms with van der Waals surface area (Å²) in [6.07, 6.45) is 8.78. The zero-order valence-corrected chi connectivity index (χ0v) is 15.3. The Morgan fingerprint density at radius 1 is 1.07 bits per heavy atom. The maximum atomic E-state index is 12.5. The van der Waals surface area contributed by atoms with Gasteiger partial charge in [-0.2, -0.15) is 5.10 Å². The molecule has 142 valence electrons. The second-order valence-electron chi connectivity index (χ2n) is 7.24. The first-order valence-corrected chi connectivity index (χ1v) is 9.56. The van der Waals surface area contributed by atoms with Crippen molar-refractivity contribution in [2.45, 2.75) is 38.1 Å². The SMILES string of the molecule is O=C(Cn1cncn1)N1CCC[C@@H](c2ccc(C(=O)N3CCCC3)cn2)C1. The standard InChI is InChI=1S/C19H24N6O2/c26-18(12-25-14-20-13-22-25)24-9-3-4-16(11-24)17-6-5-15(10-21-17)19(27)23-7-1-2-8-23/h5-6,10,13-14,16H,1-4,7-9,11-12H2/t16-/m1/s1. The molecule has 0 radical (unpaired) electrons. The number of carbonyl (C=O) groups is 2. The van der Waals surface area contributed by atoms with Crippen LogP contribution in [0.3, 0.4) is 0 Å². The topological polar surface area (TPSA) is 84.2 Å². The first-order chi connectivity index (χ1) is 13.2. The Balaban J connectivity index is 1.39. The van der Waals surface area contributed by atoms with Crippen LogP contribution in [-0.4, -0.2) is 67.5 Å². The van der Waals surface area contributed by atoms with E-state index in [0.29, 0.717) is 12.1 Å². The molecule has 2 amide bonds. The number of pyridine rings is 1. The predicted molar refractivity (Wildman–Crippen MR) is 98.0 cm³/mol. The zero-order chi connectivity index (χ0) is 18.6. The molecule has 1 atom stereocenters. The van der Waals surface area contributed by atoms with E-state index in [4.69, 9.17) is 0 Å². The Bertz CT molecular complexity index is 783. The van der Waals surface area contributed by atoms with Gasteiger partial charge < -0.3 is 9.80 Å². The summed E-state index contributed by atoms with van der Waals surface area (Å²) in [5.74, 6) is 0.320. The monoisotopic (exact) mass is 368 g/mol. The number of nitrogens with zero attached hydrogens (tertiary/aromatic N) is 6. The number of hydrogen-bond acceptors (Lipinski definition) is 5. The van der Waals surface area contributed by atoms with E-state index in [9.17, 15) is 9.59 Å². The van der Waals surface area contributed by atoms with E-state index < -0.39 is 0 Å².